The Kier molecular flexibility index (Phi) is 11.4. The fourth-order valence-corrected chi connectivity index (χ4v) is 1.24. The summed E-state index contributed by atoms with van der Waals surface area (Å²) in [6.07, 6.45) is 3.74. The molecule has 1 amide bonds. The molecule has 0 aliphatic heterocycles. The molecule has 0 aromatic heterocycles. The number of unbranched alkanes of at least 4 members (excludes halogenated alkanes) is 1. The molecule has 102 valence electrons. The first-order chi connectivity index (χ1) is 8.16. The molecule has 0 saturated carbocycles. The van der Waals surface area contributed by atoms with Gasteiger partial charge in [0.1, 0.15) is 0 Å². The van der Waals surface area contributed by atoms with Crippen molar-refractivity contribution >= 4 is 5.91 Å². The standard InChI is InChI=1S/C13H27NO3/c1-4-8-14-13(15)7-11-16-9-5-6-10-17-12(2)3/h12H,4-11H2,1-3H3,(H,14,15). The number of ether oxygens (including phenoxy) is 2. The summed E-state index contributed by atoms with van der Waals surface area (Å²) in [5.74, 6) is 0.0787. The van der Waals surface area contributed by atoms with Gasteiger partial charge in [0.15, 0.2) is 0 Å². The van der Waals surface area contributed by atoms with Gasteiger partial charge in [0, 0.05) is 26.2 Å². The van der Waals surface area contributed by atoms with Crippen LogP contribution >= 0.6 is 0 Å². The lowest BCUT2D eigenvalue weighted by Crippen LogP contribution is -2.25. The third-order valence-electron chi connectivity index (χ3n) is 2.18. The molecular formula is C13H27NO3. The second-order valence-corrected chi connectivity index (χ2v) is 4.34. The van der Waals surface area contributed by atoms with Crippen LogP contribution in [0.5, 0.6) is 0 Å². The van der Waals surface area contributed by atoms with Gasteiger partial charge in [-0.1, -0.05) is 6.92 Å². The van der Waals surface area contributed by atoms with E-state index in [9.17, 15) is 4.79 Å². The molecule has 0 aliphatic rings. The Morgan fingerprint density at radius 1 is 1.18 bits per heavy atom. The molecule has 0 heterocycles. The largest absolute Gasteiger partial charge is 0.381 e. The van der Waals surface area contributed by atoms with Gasteiger partial charge >= 0.3 is 0 Å². The molecule has 0 radical (unpaired) electrons. The molecule has 0 bridgehead atoms. The summed E-state index contributed by atoms with van der Waals surface area (Å²) in [6, 6.07) is 0. The lowest BCUT2D eigenvalue weighted by atomic mass is 10.3. The van der Waals surface area contributed by atoms with Crippen molar-refractivity contribution in [2.75, 3.05) is 26.4 Å². The third-order valence-corrected chi connectivity index (χ3v) is 2.18. The first kappa shape index (κ1) is 16.4. The van der Waals surface area contributed by atoms with Gasteiger partial charge in [-0.3, -0.25) is 4.79 Å². The average Bonchev–Trinajstić information content (AvgIpc) is 2.29. The fourth-order valence-electron chi connectivity index (χ4n) is 1.24. The van der Waals surface area contributed by atoms with E-state index >= 15 is 0 Å². The quantitative estimate of drug-likeness (QED) is 0.567. The molecule has 4 nitrogen and oxygen atoms in total. The Labute approximate surface area is 105 Å². The van der Waals surface area contributed by atoms with Crippen LogP contribution in [-0.2, 0) is 14.3 Å². The SMILES string of the molecule is CCCNC(=O)CCOCCCCOC(C)C. The van der Waals surface area contributed by atoms with Crippen LogP contribution in [0.15, 0.2) is 0 Å². The highest BCUT2D eigenvalue weighted by molar-refractivity contribution is 5.75. The minimum Gasteiger partial charge on any atom is -0.381 e. The monoisotopic (exact) mass is 245 g/mol. The maximum absolute atomic E-state index is 11.2. The first-order valence-corrected chi connectivity index (χ1v) is 6.62. The van der Waals surface area contributed by atoms with E-state index < -0.39 is 0 Å². The van der Waals surface area contributed by atoms with Crippen LogP contribution in [0.25, 0.3) is 0 Å². The van der Waals surface area contributed by atoms with Crippen molar-refractivity contribution in [2.24, 2.45) is 0 Å². The van der Waals surface area contributed by atoms with Gasteiger partial charge in [0.2, 0.25) is 5.91 Å². The predicted molar refractivity (Wildman–Crippen MR) is 69.1 cm³/mol. The van der Waals surface area contributed by atoms with E-state index in [2.05, 4.69) is 5.32 Å². The van der Waals surface area contributed by atoms with Crippen LogP contribution in [0.4, 0.5) is 0 Å². The molecule has 17 heavy (non-hydrogen) atoms. The van der Waals surface area contributed by atoms with Crippen LogP contribution in [0.2, 0.25) is 0 Å². The maximum Gasteiger partial charge on any atom is 0.222 e. The van der Waals surface area contributed by atoms with E-state index in [-0.39, 0.29) is 5.91 Å². The van der Waals surface area contributed by atoms with Crippen molar-refractivity contribution in [3.8, 4) is 0 Å². The number of rotatable bonds is 11. The number of hydrogen-bond donors (Lipinski definition) is 1. The molecule has 0 rings (SSSR count). The van der Waals surface area contributed by atoms with Gasteiger partial charge in [-0.25, -0.2) is 0 Å². The topological polar surface area (TPSA) is 47.6 Å². The van der Waals surface area contributed by atoms with E-state index in [1.54, 1.807) is 0 Å². The van der Waals surface area contributed by atoms with E-state index in [0.29, 0.717) is 25.7 Å². The van der Waals surface area contributed by atoms with Crippen molar-refractivity contribution in [3.63, 3.8) is 0 Å². The summed E-state index contributed by atoms with van der Waals surface area (Å²) in [7, 11) is 0. The van der Waals surface area contributed by atoms with Crippen LogP contribution in [0.3, 0.4) is 0 Å². The molecule has 0 unspecified atom stereocenters. The highest BCUT2D eigenvalue weighted by atomic mass is 16.5. The van der Waals surface area contributed by atoms with Crippen LogP contribution in [-0.4, -0.2) is 38.4 Å². The van der Waals surface area contributed by atoms with Gasteiger partial charge in [-0.15, -0.1) is 0 Å². The smallest absolute Gasteiger partial charge is 0.222 e. The Bertz CT molecular complexity index is 184. The lowest BCUT2D eigenvalue weighted by Gasteiger charge is -2.07. The lowest BCUT2D eigenvalue weighted by molar-refractivity contribution is -0.122. The van der Waals surface area contributed by atoms with E-state index in [4.69, 9.17) is 9.47 Å². The first-order valence-electron chi connectivity index (χ1n) is 6.62. The van der Waals surface area contributed by atoms with Gasteiger partial charge in [-0.2, -0.15) is 0 Å². The van der Waals surface area contributed by atoms with Gasteiger partial charge in [0.05, 0.1) is 12.7 Å². The zero-order chi connectivity index (χ0) is 12.9. The average molecular weight is 245 g/mol. The highest BCUT2D eigenvalue weighted by Crippen LogP contribution is 1.95. The minimum atomic E-state index is 0.0787. The molecule has 1 N–H and O–H groups in total. The van der Waals surface area contributed by atoms with Gasteiger partial charge < -0.3 is 14.8 Å². The molecule has 0 aromatic rings. The van der Waals surface area contributed by atoms with Crippen LogP contribution in [0, 0.1) is 0 Å². The summed E-state index contributed by atoms with van der Waals surface area (Å²) >= 11 is 0. The maximum atomic E-state index is 11.2. The number of hydrogen-bond acceptors (Lipinski definition) is 3. The van der Waals surface area contributed by atoms with Crippen molar-refractivity contribution < 1.29 is 14.3 Å². The molecule has 0 fully saturated rings. The van der Waals surface area contributed by atoms with Crippen molar-refractivity contribution in [2.45, 2.75) is 52.6 Å². The van der Waals surface area contributed by atoms with E-state index in [0.717, 1.165) is 32.4 Å². The summed E-state index contributed by atoms with van der Waals surface area (Å²) in [5, 5.41) is 2.82. The summed E-state index contributed by atoms with van der Waals surface area (Å²) in [6.45, 7) is 8.87. The normalized spacial score (nSPS) is 10.8. The Balaban J connectivity index is 3.10. The predicted octanol–water partition coefficient (Wildman–Crippen LogP) is 2.12. The Hall–Kier alpha value is -0.610. The molecule has 0 aromatic carbocycles. The Morgan fingerprint density at radius 2 is 1.88 bits per heavy atom. The second kappa shape index (κ2) is 11.9. The van der Waals surface area contributed by atoms with E-state index in [1.807, 2.05) is 20.8 Å². The Morgan fingerprint density at radius 3 is 2.53 bits per heavy atom. The highest BCUT2D eigenvalue weighted by Gasteiger charge is 1.99. The minimum absolute atomic E-state index is 0.0787. The molecule has 0 spiro atoms. The zero-order valence-corrected chi connectivity index (χ0v) is 11.5. The van der Waals surface area contributed by atoms with Crippen LogP contribution < -0.4 is 5.32 Å². The van der Waals surface area contributed by atoms with Gasteiger partial charge in [0.25, 0.3) is 0 Å². The number of carbonyl (C=O) groups excluding carboxylic acids is 1. The molecular weight excluding hydrogens is 218 g/mol. The summed E-state index contributed by atoms with van der Waals surface area (Å²) in [4.78, 5) is 11.2. The van der Waals surface area contributed by atoms with Crippen LogP contribution in [0.1, 0.15) is 46.5 Å². The van der Waals surface area contributed by atoms with Crippen molar-refractivity contribution in [1.29, 1.82) is 0 Å². The van der Waals surface area contributed by atoms with Gasteiger partial charge in [-0.05, 0) is 33.1 Å². The third kappa shape index (κ3) is 13.3. The molecule has 0 atom stereocenters. The second-order valence-electron chi connectivity index (χ2n) is 4.34. The van der Waals surface area contributed by atoms with E-state index in [1.165, 1.54) is 0 Å². The summed E-state index contributed by atoms with van der Waals surface area (Å²) in [5.41, 5.74) is 0. The zero-order valence-electron chi connectivity index (χ0n) is 11.5. The molecule has 4 heteroatoms. The summed E-state index contributed by atoms with van der Waals surface area (Å²) < 4.78 is 10.8. The number of nitrogens with one attached hydrogen (secondary N) is 1. The fraction of sp³-hybridized carbons (Fsp3) is 0.923. The molecule has 0 saturated heterocycles. The molecule has 0 aliphatic carbocycles. The number of amides is 1. The van der Waals surface area contributed by atoms with Crippen molar-refractivity contribution in [1.82, 2.24) is 5.32 Å². The van der Waals surface area contributed by atoms with Crippen molar-refractivity contribution in [3.05, 3.63) is 0 Å². The number of carbonyl (C=O) groups is 1.